The Labute approximate surface area is 174 Å². The summed E-state index contributed by atoms with van der Waals surface area (Å²) in [4.78, 5) is 27.2. The van der Waals surface area contributed by atoms with Crippen molar-refractivity contribution < 1.29 is 9.59 Å². The summed E-state index contributed by atoms with van der Waals surface area (Å²) in [7, 11) is 0. The first-order valence-corrected chi connectivity index (χ1v) is 9.94. The average molecular weight is 405 g/mol. The van der Waals surface area contributed by atoms with Gasteiger partial charge in [0.15, 0.2) is 0 Å². The van der Waals surface area contributed by atoms with Crippen LogP contribution in [0.25, 0.3) is 0 Å². The molecule has 0 radical (unpaired) electrons. The standard InChI is InChI=1S/C24H21ClN2O2/c25-19-12-10-16-11-13-22(21(16)14-19)27(24(29)17-6-2-1-3-7-17)15-18-8-4-5-9-20(18)23(26)28/h1-10,12,14,22H,11,13,15H2,(H2,26,28)/t22-/m1/s1. The quantitative estimate of drug-likeness (QED) is 0.665. The molecule has 4 nitrogen and oxygen atoms in total. The van der Waals surface area contributed by atoms with Gasteiger partial charge in [0.2, 0.25) is 5.91 Å². The predicted molar refractivity (Wildman–Crippen MR) is 114 cm³/mol. The van der Waals surface area contributed by atoms with Gasteiger partial charge in [0.1, 0.15) is 0 Å². The SMILES string of the molecule is NC(=O)c1ccccc1CN(C(=O)c1ccccc1)[C@@H]1CCc2ccc(Cl)cc21. The van der Waals surface area contributed by atoms with Gasteiger partial charge in [-0.3, -0.25) is 9.59 Å². The molecule has 0 aliphatic heterocycles. The number of hydrogen-bond donors (Lipinski definition) is 1. The summed E-state index contributed by atoms with van der Waals surface area (Å²) in [6.07, 6.45) is 1.69. The van der Waals surface area contributed by atoms with E-state index in [2.05, 4.69) is 0 Å². The Morgan fingerprint density at radius 2 is 1.72 bits per heavy atom. The van der Waals surface area contributed by atoms with E-state index in [0.29, 0.717) is 22.7 Å². The maximum atomic E-state index is 13.5. The molecule has 0 saturated carbocycles. The zero-order valence-corrected chi connectivity index (χ0v) is 16.6. The molecule has 29 heavy (non-hydrogen) atoms. The van der Waals surface area contributed by atoms with Gasteiger partial charge in [0.05, 0.1) is 6.04 Å². The van der Waals surface area contributed by atoms with Gasteiger partial charge in [-0.25, -0.2) is 0 Å². The van der Waals surface area contributed by atoms with Crippen LogP contribution in [0.3, 0.4) is 0 Å². The Balaban J connectivity index is 1.77. The van der Waals surface area contributed by atoms with E-state index in [1.165, 1.54) is 5.56 Å². The van der Waals surface area contributed by atoms with Gasteiger partial charge in [-0.1, -0.05) is 54.1 Å². The lowest BCUT2D eigenvalue weighted by Gasteiger charge is -2.31. The van der Waals surface area contributed by atoms with Crippen molar-refractivity contribution in [3.63, 3.8) is 0 Å². The van der Waals surface area contributed by atoms with Crippen molar-refractivity contribution in [2.24, 2.45) is 5.73 Å². The maximum absolute atomic E-state index is 13.5. The highest BCUT2D eigenvalue weighted by Crippen LogP contribution is 2.39. The second-order valence-electron chi connectivity index (χ2n) is 7.22. The molecule has 0 heterocycles. The number of carbonyl (C=O) groups excluding carboxylic acids is 2. The summed E-state index contributed by atoms with van der Waals surface area (Å²) in [6.45, 7) is 0.295. The molecule has 0 unspecified atom stereocenters. The molecule has 4 rings (SSSR count). The lowest BCUT2D eigenvalue weighted by Crippen LogP contribution is -2.34. The van der Waals surface area contributed by atoms with E-state index in [1.807, 2.05) is 65.6 Å². The van der Waals surface area contributed by atoms with E-state index in [1.54, 1.807) is 12.1 Å². The second-order valence-corrected chi connectivity index (χ2v) is 7.65. The Morgan fingerprint density at radius 1 is 1.00 bits per heavy atom. The Morgan fingerprint density at radius 3 is 2.48 bits per heavy atom. The van der Waals surface area contributed by atoms with E-state index >= 15 is 0 Å². The average Bonchev–Trinajstić information content (AvgIpc) is 3.15. The van der Waals surface area contributed by atoms with E-state index in [9.17, 15) is 9.59 Å². The van der Waals surface area contributed by atoms with Gasteiger partial charge in [-0.2, -0.15) is 0 Å². The summed E-state index contributed by atoms with van der Waals surface area (Å²) in [5.41, 5.74) is 9.62. The molecule has 3 aromatic carbocycles. The van der Waals surface area contributed by atoms with Crippen molar-refractivity contribution >= 4 is 23.4 Å². The third-order valence-corrected chi connectivity index (χ3v) is 5.67. The Bertz CT molecular complexity index is 1070. The van der Waals surface area contributed by atoms with Crippen LogP contribution in [0.1, 0.15) is 49.9 Å². The maximum Gasteiger partial charge on any atom is 0.254 e. The van der Waals surface area contributed by atoms with Crippen molar-refractivity contribution in [3.8, 4) is 0 Å². The zero-order valence-electron chi connectivity index (χ0n) is 15.8. The molecule has 0 spiro atoms. The molecule has 1 aliphatic rings. The highest BCUT2D eigenvalue weighted by atomic mass is 35.5. The van der Waals surface area contributed by atoms with Gasteiger partial charge in [0, 0.05) is 22.7 Å². The highest BCUT2D eigenvalue weighted by Gasteiger charge is 2.32. The minimum absolute atomic E-state index is 0.0808. The van der Waals surface area contributed by atoms with Gasteiger partial charge < -0.3 is 10.6 Å². The van der Waals surface area contributed by atoms with Crippen LogP contribution in [0.5, 0.6) is 0 Å². The predicted octanol–water partition coefficient (Wildman–Crippen LogP) is 4.77. The van der Waals surface area contributed by atoms with Crippen LogP contribution in [0.2, 0.25) is 5.02 Å². The minimum Gasteiger partial charge on any atom is -0.366 e. The number of rotatable bonds is 5. The van der Waals surface area contributed by atoms with Crippen LogP contribution in [-0.4, -0.2) is 16.7 Å². The topological polar surface area (TPSA) is 63.4 Å². The van der Waals surface area contributed by atoms with E-state index in [0.717, 1.165) is 24.0 Å². The van der Waals surface area contributed by atoms with Crippen LogP contribution < -0.4 is 5.73 Å². The number of nitrogens with two attached hydrogens (primary N) is 1. The monoisotopic (exact) mass is 404 g/mol. The normalized spacial score (nSPS) is 15.0. The summed E-state index contributed by atoms with van der Waals surface area (Å²) in [6, 6.07) is 22.1. The summed E-state index contributed by atoms with van der Waals surface area (Å²) < 4.78 is 0. The molecule has 1 atom stereocenters. The lowest BCUT2D eigenvalue weighted by molar-refractivity contribution is 0.0656. The molecule has 0 fully saturated rings. The number of carbonyl (C=O) groups is 2. The minimum atomic E-state index is -0.498. The number of primary amides is 1. The Hall–Kier alpha value is -3.11. The molecule has 2 N–H and O–H groups in total. The summed E-state index contributed by atoms with van der Waals surface area (Å²) in [5.74, 6) is -0.578. The number of hydrogen-bond acceptors (Lipinski definition) is 2. The second kappa shape index (κ2) is 8.10. The molecule has 3 aromatic rings. The first kappa shape index (κ1) is 19.2. The Kier molecular flexibility index (Phi) is 5.36. The molecular formula is C24H21ClN2O2. The molecule has 146 valence electrons. The van der Waals surface area contributed by atoms with E-state index in [4.69, 9.17) is 17.3 Å². The van der Waals surface area contributed by atoms with Crippen molar-refractivity contribution in [1.29, 1.82) is 0 Å². The molecule has 1 aliphatic carbocycles. The third kappa shape index (κ3) is 3.89. The molecule has 0 bridgehead atoms. The number of halogens is 1. The van der Waals surface area contributed by atoms with Crippen molar-refractivity contribution in [2.75, 3.05) is 0 Å². The van der Waals surface area contributed by atoms with Crippen molar-refractivity contribution in [2.45, 2.75) is 25.4 Å². The van der Waals surface area contributed by atoms with Crippen LogP contribution in [-0.2, 0) is 13.0 Å². The fraction of sp³-hybridized carbons (Fsp3) is 0.167. The fourth-order valence-corrected chi connectivity index (χ4v) is 4.21. The first-order valence-electron chi connectivity index (χ1n) is 9.56. The van der Waals surface area contributed by atoms with Gasteiger partial charge >= 0.3 is 0 Å². The van der Waals surface area contributed by atoms with Crippen LogP contribution >= 0.6 is 11.6 Å². The van der Waals surface area contributed by atoms with E-state index in [-0.39, 0.29) is 11.9 Å². The zero-order chi connectivity index (χ0) is 20.4. The molecule has 0 aromatic heterocycles. The van der Waals surface area contributed by atoms with Gasteiger partial charge in [0.25, 0.3) is 5.91 Å². The van der Waals surface area contributed by atoms with Gasteiger partial charge in [-0.15, -0.1) is 0 Å². The number of nitrogens with zero attached hydrogens (tertiary/aromatic N) is 1. The molecular weight excluding hydrogens is 384 g/mol. The fourth-order valence-electron chi connectivity index (χ4n) is 4.03. The lowest BCUT2D eigenvalue weighted by atomic mass is 10.0. The molecule has 2 amide bonds. The summed E-state index contributed by atoms with van der Waals surface area (Å²) in [5, 5.41) is 0.653. The third-order valence-electron chi connectivity index (χ3n) is 5.44. The van der Waals surface area contributed by atoms with Crippen LogP contribution in [0, 0.1) is 0 Å². The number of fused-ring (bicyclic) bond motifs is 1. The molecule has 5 heteroatoms. The van der Waals surface area contributed by atoms with Crippen molar-refractivity contribution in [3.05, 3.63) is 106 Å². The number of aryl methyl sites for hydroxylation is 1. The van der Waals surface area contributed by atoms with Gasteiger partial charge in [-0.05, 0) is 59.9 Å². The smallest absolute Gasteiger partial charge is 0.254 e. The highest BCUT2D eigenvalue weighted by molar-refractivity contribution is 6.30. The van der Waals surface area contributed by atoms with Crippen molar-refractivity contribution in [1.82, 2.24) is 4.90 Å². The number of amides is 2. The van der Waals surface area contributed by atoms with Crippen LogP contribution in [0.4, 0.5) is 0 Å². The van der Waals surface area contributed by atoms with E-state index < -0.39 is 5.91 Å². The largest absolute Gasteiger partial charge is 0.366 e. The van der Waals surface area contributed by atoms with Crippen LogP contribution in [0.15, 0.2) is 72.8 Å². The first-order chi connectivity index (χ1) is 14.0. The summed E-state index contributed by atoms with van der Waals surface area (Å²) >= 11 is 6.25. The number of benzene rings is 3. The molecule has 0 saturated heterocycles.